The lowest BCUT2D eigenvalue weighted by Gasteiger charge is -2.08. The summed E-state index contributed by atoms with van der Waals surface area (Å²) < 4.78 is 5.61. The monoisotopic (exact) mass is 353 g/mol. The molecule has 0 atom stereocenters. The van der Waals surface area contributed by atoms with Crippen LogP contribution < -0.4 is 15.8 Å². The molecule has 3 aromatic rings. The van der Waals surface area contributed by atoms with Crippen LogP contribution in [-0.4, -0.2) is 16.8 Å². The summed E-state index contributed by atoms with van der Waals surface area (Å²) in [5.74, 6) is -0.175. The Bertz CT molecular complexity index is 877. The van der Waals surface area contributed by atoms with Crippen LogP contribution in [0.4, 0.5) is 5.69 Å². The Morgan fingerprint density at radius 3 is 2.60 bits per heavy atom. The van der Waals surface area contributed by atoms with E-state index in [-0.39, 0.29) is 5.91 Å². The predicted octanol–water partition coefficient (Wildman–Crippen LogP) is 3.07. The third kappa shape index (κ3) is 4.42. The summed E-state index contributed by atoms with van der Waals surface area (Å²) >= 11 is 1.51. The standard InChI is InChI=1S/C18H15N3O3S/c19-17(22)13-2-1-3-14(8-13)21-18(23)12-4-6-16(7-5-12)24-9-15-10-25-11-20-15/h1-8,10-11H,9H2,(H2,19,22)(H,21,23). The van der Waals surface area contributed by atoms with Crippen LogP contribution in [0.15, 0.2) is 59.4 Å². The highest BCUT2D eigenvalue weighted by Gasteiger charge is 2.08. The SMILES string of the molecule is NC(=O)c1cccc(NC(=O)c2ccc(OCc3cscn3)cc2)c1. The smallest absolute Gasteiger partial charge is 0.255 e. The Hall–Kier alpha value is -3.19. The molecule has 1 aromatic heterocycles. The van der Waals surface area contributed by atoms with Crippen LogP contribution >= 0.6 is 11.3 Å². The van der Waals surface area contributed by atoms with E-state index in [1.54, 1.807) is 48.0 Å². The maximum absolute atomic E-state index is 12.3. The number of thiazole rings is 1. The minimum absolute atomic E-state index is 0.285. The van der Waals surface area contributed by atoms with Crippen LogP contribution in [0, 0.1) is 0 Å². The minimum Gasteiger partial charge on any atom is -0.487 e. The summed E-state index contributed by atoms with van der Waals surface area (Å²) in [5, 5.41) is 4.65. The highest BCUT2D eigenvalue weighted by Crippen LogP contribution is 2.16. The molecule has 0 spiro atoms. The van der Waals surface area contributed by atoms with Crippen LogP contribution in [0.1, 0.15) is 26.4 Å². The molecule has 0 aliphatic heterocycles. The first-order valence-electron chi connectivity index (χ1n) is 7.43. The van der Waals surface area contributed by atoms with Crippen molar-refractivity contribution >= 4 is 28.8 Å². The quantitative estimate of drug-likeness (QED) is 0.712. The number of amides is 2. The number of hydrogen-bond acceptors (Lipinski definition) is 5. The van der Waals surface area contributed by atoms with E-state index in [9.17, 15) is 9.59 Å². The first-order valence-corrected chi connectivity index (χ1v) is 8.37. The van der Waals surface area contributed by atoms with Gasteiger partial charge in [0.2, 0.25) is 5.91 Å². The zero-order chi connectivity index (χ0) is 17.6. The molecule has 0 saturated carbocycles. The molecule has 2 aromatic carbocycles. The van der Waals surface area contributed by atoms with Crippen molar-refractivity contribution in [3.8, 4) is 5.75 Å². The molecule has 3 rings (SSSR count). The van der Waals surface area contributed by atoms with Crippen molar-refractivity contribution in [1.29, 1.82) is 0 Å². The second-order valence-electron chi connectivity index (χ2n) is 5.19. The predicted molar refractivity (Wildman–Crippen MR) is 95.8 cm³/mol. The molecule has 0 fully saturated rings. The van der Waals surface area contributed by atoms with Gasteiger partial charge >= 0.3 is 0 Å². The third-order valence-corrected chi connectivity index (χ3v) is 4.03. The molecule has 0 unspecified atom stereocenters. The minimum atomic E-state index is -0.544. The van der Waals surface area contributed by atoms with Crippen molar-refractivity contribution in [2.24, 2.45) is 5.73 Å². The van der Waals surface area contributed by atoms with Crippen molar-refractivity contribution in [1.82, 2.24) is 4.98 Å². The van der Waals surface area contributed by atoms with Gasteiger partial charge in [0.25, 0.3) is 5.91 Å². The average Bonchev–Trinajstić information content (AvgIpc) is 3.14. The third-order valence-electron chi connectivity index (χ3n) is 3.39. The first-order chi connectivity index (χ1) is 12.1. The van der Waals surface area contributed by atoms with Crippen molar-refractivity contribution in [3.63, 3.8) is 0 Å². The van der Waals surface area contributed by atoms with E-state index in [1.807, 2.05) is 5.38 Å². The number of rotatable bonds is 6. The average molecular weight is 353 g/mol. The molecular weight excluding hydrogens is 338 g/mol. The van der Waals surface area contributed by atoms with Gasteiger partial charge in [-0.15, -0.1) is 11.3 Å². The maximum atomic E-state index is 12.3. The molecule has 0 bridgehead atoms. The summed E-state index contributed by atoms with van der Waals surface area (Å²) in [4.78, 5) is 27.6. The van der Waals surface area contributed by atoms with Gasteiger partial charge in [-0.25, -0.2) is 4.98 Å². The van der Waals surface area contributed by atoms with E-state index in [4.69, 9.17) is 10.5 Å². The second kappa shape index (κ2) is 7.59. The maximum Gasteiger partial charge on any atom is 0.255 e. The highest BCUT2D eigenvalue weighted by molar-refractivity contribution is 7.07. The van der Waals surface area contributed by atoms with Gasteiger partial charge in [0.15, 0.2) is 0 Å². The number of hydrogen-bond donors (Lipinski definition) is 2. The van der Waals surface area contributed by atoms with Gasteiger partial charge in [-0.3, -0.25) is 9.59 Å². The van der Waals surface area contributed by atoms with Gasteiger partial charge in [-0.05, 0) is 42.5 Å². The fourth-order valence-corrected chi connectivity index (χ4v) is 2.67. The molecule has 0 saturated heterocycles. The molecule has 25 heavy (non-hydrogen) atoms. The normalized spacial score (nSPS) is 10.2. The van der Waals surface area contributed by atoms with Crippen molar-refractivity contribution < 1.29 is 14.3 Å². The summed E-state index contributed by atoms with van der Waals surface area (Å²) in [6, 6.07) is 13.3. The Balaban J connectivity index is 1.62. The molecule has 3 N–H and O–H groups in total. The van der Waals surface area contributed by atoms with Gasteiger partial charge in [0.1, 0.15) is 12.4 Å². The summed E-state index contributed by atoms with van der Waals surface area (Å²) in [7, 11) is 0. The first kappa shape index (κ1) is 16.7. The van der Waals surface area contributed by atoms with Crippen LogP contribution in [0.2, 0.25) is 0 Å². The highest BCUT2D eigenvalue weighted by atomic mass is 32.1. The van der Waals surface area contributed by atoms with E-state index in [0.717, 1.165) is 5.69 Å². The topological polar surface area (TPSA) is 94.3 Å². The van der Waals surface area contributed by atoms with E-state index < -0.39 is 5.91 Å². The Morgan fingerprint density at radius 2 is 1.92 bits per heavy atom. The van der Waals surface area contributed by atoms with Crippen LogP contribution in [-0.2, 0) is 6.61 Å². The lowest BCUT2D eigenvalue weighted by Crippen LogP contribution is -2.14. The molecule has 0 aliphatic carbocycles. The van der Waals surface area contributed by atoms with Crippen LogP contribution in [0.5, 0.6) is 5.75 Å². The van der Waals surface area contributed by atoms with Crippen molar-refractivity contribution in [3.05, 3.63) is 76.2 Å². The number of anilines is 1. The fraction of sp³-hybridized carbons (Fsp3) is 0.0556. The molecule has 6 nitrogen and oxygen atoms in total. The molecule has 2 amide bonds. The van der Waals surface area contributed by atoms with Crippen LogP contribution in [0.3, 0.4) is 0 Å². The number of ether oxygens (including phenoxy) is 1. The number of nitrogens with two attached hydrogens (primary N) is 1. The number of primary amides is 1. The largest absolute Gasteiger partial charge is 0.487 e. The van der Waals surface area contributed by atoms with Gasteiger partial charge in [-0.2, -0.15) is 0 Å². The zero-order valence-corrected chi connectivity index (χ0v) is 14.0. The van der Waals surface area contributed by atoms with Crippen molar-refractivity contribution in [2.75, 3.05) is 5.32 Å². The molecule has 7 heteroatoms. The molecular formula is C18H15N3O3S. The number of carbonyl (C=O) groups excluding carboxylic acids is 2. The molecule has 126 valence electrons. The van der Waals surface area contributed by atoms with E-state index in [1.165, 1.54) is 17.4 Å². The second-order valence-corrected chi connectivity index (χ2v) is 5.91. The van der Waals surface area contributed by atoms with Crippen molar-refractivity contribution in [2.45, 2.75) is 6.61 Å². The Morgan fingerprint density at radius 1 is 1.12 bits per heavy atom. The lowest BCUT2D eigenvalue weighted by atomic mass is 10.1. The van der Waals surface area contributed by atoms with E-state index >= 15 is 0 Å². The summed E-state index contributed by atoms with van der Waals surface area (Å²) in [6.45, 7) is 0.384. The van der Waals surface area contributed by atoms with E-state index in [2.05, 4.69) is 10.3 Å². The number of nitrogens with one attached hydrogen (secondary N) is 1. The lowest BCUT2D eigenvalue weighted by molar-refractivity contribution is 0.0996. The Kier molecular flexibility index (Phi) is 5.06. The molecule has 0 aliphatic rings. The summed E-state index contributed by atoms with van der Waals surface area (Å²) in [6.07, 6.45) is 0. The van der Waals surface area contributed by atoms with Gasteiger partial charge < -0.3 is 15.8 Å². The van der Waals surface area contributed by atoms with Gasteiger partial charge in [-0.1, -0.05) is 6.07 Å². The molecule has 0 radical (unpaired) electrons. The number of benzene rings is 2. The zero-order valence-electron chi connectivity index (χ0n) is 13.1. The number of aromatic nitrogens is 1. The fourth-order valence-electron chi connectivity index (χ4n) is 2.12. The molecule has 1 heterocycles. The summed E-state index contributed by atoms with van der Waals surface area (Å²) in [5.41, 5.74) is 9.17. The number of nitrogens with zero attached hydrogens (tertiary/aromatic N) is 1. The van der Waals surface area contributed by atoms with Gasteiger partial charge in [0.05, 0.1) is 11.2 Å². The number of carbonyl (C=O) groups is 2. The van der Waals surface area contributed by atoms with Gasteiger partial charge in [0, 0.05) is 22.2 Å². The van der Waals surface area contributed by atoms with Crippen LogP contribution in [0.25, 0.3) is 0 Å². The van der Waals surface area contributed by atoms with E-state index in [0.29, 0.717) is 29.2 Å². The Labute approximate surface area is 148 Å².